The zero-order chi connectivity index (χ0) is 7.41. The molecule has 0 aliphatic heterocycles. The molecule has 0 rings (SSSR count). The zero-order valence-corrected chi connectivity index (χ0v) is 6.49. The molecule has 0 aromatic heterocycles. The Morgan fingerprint density at radius 3 is 1.25 bits per heavy atom. The summed E-state index contributed by atoms with van der Waals surface area (Å²) < 4.78 is 0. The van der Waals surface area contributed by atoms with E-state index in [1.165, 1.54) is 6.92 Å². The number of carbonyl (C=O) groups is 1. The van der Waals surface area contributed by atoms with Gasteiger partial charge in [-0.1, -0.05) is 13.8 Å². The molecule has 0 atom stereocenters. The Bertz CT molecular complexity index is 22.5. The van der Waals surface area contributed by atoms with Gasteiger partial charge in [-0.3, -0.25) is 0 Å². The first-order valence-corrected chi connectivity index (χ1v) is 2.81. The lowest BCUT2D eigenvalue weighted by Crippen LogP contribution is -1.89. The molecule has 0 saturated carbocycles. The summed E-state index contributed by atoms with van der Waals surface area (Å²) in [4.78, 5) is 8.81. The van der Waals surface area contributed by atoms with Crippen molar-refractivity contribution < 1.29 is 4.79 Å². The number of rotatable bonds is 0. The Labute approximate surface area is 52.3 Å². The number of hydrogen-bond donors (Lipinski definition) is 1. The fraction of sp³-hybridized carbons (Fsp3) is 0.833. The molecule has 0 fully saturated rings. The van der Waals surface area contributed by atoms with Gasteiger partial charge in [0.15, 0.2) is 0 Å². The van der Waals surface area contributed by atoms with Crippen LogP contribution in [0.4, 0.5) is 0 Å². The van der Waals surface area contributed by atoms with E-state index in [4.69, 9.17) is 4.79 Å². The third kappa shape index (κ3) is 882. The van der Waals surface area contributed by atoms with Crippen LogP contribution in [0.1, 0.15) is 20.8 Å². The number of carbonyl (C=O) groups excluding carboxylic acids is 1. The van der Waals surface area contributed by atoms with E-state index in [0.29, 0.717) is 0 Å². The smallest absolute Gasteiger partial charge is 0.116 e. The molecule has 1 N–H and O–H groups in total. The molecular weight excluding hydrogens is 102 g/mol. The van der Waals surface area contributed by atoms with E-state index in [1.807, 2.05) is 27.9 Å². The maximum Gasteiger partial charge on any atom is 0.116 e. The lowest BCUT2D eigenvalue weighted by atomic mass is 11.0. The Morgan fingerprint density at radius 1 is 1.25 bits per heavy atom. The van der Waals surface area contributed by atoms with Gasteiger partial charge in [0.05, 0.1) is 0 Å². The van der Waals surface area contributed by atoms with Gasteiger partial charge < -0.3 is 10.1 Å². The van der Waals surface area contributed by atoms with Gasteiger partial charge in [-0.2, -0.15) is 0 Å². The van der Waals surface area contributed by atoms with Crippen LogP contribution in [0.25, 0.3) is 0 Å². The maximum atomic E-state index is 8.81. The topological polar surface area (TPSA) is 29.1 Å². The van der Waals surface area contributed by atoms with Crippen LogP contribution in [-0.2, 0) is 4.79 Å². The second-order valence-electron chi connectivity index (χ2n) is 0.736. The Kier molecular flexibility index (Phi) is 155. The average molecular weight is 119 g/mol. The molecule has 0 heterocycles. The molecule has 0 aliphatic carbocycles. The average Bonchev–Trinajstić information content (AvgIpc) is 1.75. The highest BCUT2D eigenvalue weighted by atomic mass is 16.1. The first-order valence-electron chi connectivity index (χ1n) is 2.81. The van der Waals surface area contributed by atoms with Crippen LogP contribution in [0.3, 0.4) is 0 Å². The molecule has 52 valence electrons. The lowest BCUT2D eigenvalue weighted by Gasteiger charge is -1.59. The third-order valence-electron chi connectivity index (χ3n) is 0. The Morgan fingerprint density at radius 2 is 1.25 bits per heavy atom. The van der Waals surface area contributed by atoms with Crippen molar-refractivity contribution in [2.75, 3.05) is 14.1 Å². The van der Waals surface area contributed by atoms with Gasteiger partial charge in [0.25, 0.3) is 0 Å². The van der Waals surface area contributed by atoms with Crippen LogP contribution in [0.15, 0.2) is 0 Å². The largest absolute Gasteiger partial charge is 0.323 e. The van der Waals surface area contributed by atoms with Crippen molar-refractivity contribution in [1.29, 1.82) is 0 Å². The number of aldehydes is 1. The number of hydrogen-bond acceptors (Lipinski definition) is 2. The first kappa shape index (κ1) is 15.6. The van der Waals surface area contributed by atoms with Crippen LogP contribution < -0.4 is 5.32 Å². The summed E-state index contributed by atoms with van der Waals surface area (Å²) >= 11 is 0. The van der Waals surface area contributed by atoms with Crippen molar-refractivity contribution in [3.05, 3.63) is 0 Å². The predicted octanol–water partition coefficient (Wildman–Crippen LogP) is 1.07. The maximum absolute atomic E-state index is 8.81. The molecule has 0 aromatic rings. The fourth-order valence-corrected chi connectivity index (χ4v) is 0. The van der Waals surface area contributed by atoms with Gasteiger partial charge in [0.1, 0.15) is 6.29 Å². The molecule has 0 saturated heterocycles. The highest BCUT2D eigenvalue weighted by Gasteiger charge is 1.25. The van der Waals surface area contributed by atoms with E-state index in [1.54, 1.807) is 0 Å². The molecule has 0 unspecified atom stereocenters. The van der Waals surface area contributed by atoms with Crippen LogP contribution in [0.5, 0.6) is 0 Å². The zero-order valence-electron chi connectivity index (χ0n) is 6.49. The molecule has 0 bridgehead atoms. The van der Waals surface area contributed by atoms with Crippen LogP contribution in [0, 0.1) is 0 Å². The standard InChI is InChI=1S/C2H7N.C2H4O.C2H6/c1-3-2;1-2-3;1-2/h3H,1-2H3;2H,1H3;1-2H3. The SMILES string of the molecule is CC.CC=O.CNC. The summed E-state index contributed by atoms with van der Waals surface area (Å²) in [6.45, 7) is 5.44. The number of nitrogens with one attached hydrogen (secondary N) is 1. The van der Waals surface area contributed by atoms with Crippen molar-refractivity contribution in [2.45, 2.75) is 20.8 Å². The third-order valence-corrected chi connectivity index (χ3v) is 0. The molecule has 2 nitrogen and oxygen atoms in total. The van der Waals surface area contributed by atoms with E-state index in [-0.39, 0.29) is 0 Å². The van der Waals surface area contributed by atoms with Crippen molar-refractivity contribution in [3.63, 3.8) is 0 Å². The summed E-state index contributed by atoms with van der Waals surface area (Å²) in [7, 11) is 3.75. The minimum Gasteiger partial charge on any atom is -0.323 e. The summed E-state index contributed by atoms with van der Waals surface area (Å²) in [5.74, 6) is 0. The summed E-state index contributed by atoms with van der Waals surface area (Å²) in [5, 5.41) is 2.75. The summed E-state index contributed by atoms with van der Waals surface area (Å²) in [6, 6.07) is 0. The van der Waals surface area contributed by atoms with Crippen molar-refractivity contribution in [3.8, 4) is 0 Å². The van der Waals surface area contributed by atoms with E-state index in [0.717, 1.165) is 6.29 Å². The highest BCUT2D eigenvalue weighted by molar-refractivity contribution is 5.44. The molecule has 2 heteroatoms. The van der Waals surface area contributed by atoms with E-state index < -0.39 is 0 Å². The van der Waals surface area contributed by atoms with Crippen molar-refractivity contribution >= 4 is 6.29 Å². The van der Waals surface area contributed by atoms with Crippen LogP contribution >= 0.6 is 0 Å². The first-order chi connectivity index (χ1) is 3.83. The van der Waals surface area contributed by atoms with Crippen LogP contribution in [-0.4, -0.2) is 20.4 Å². The van der Waals surface area contributed by atoms with Crippen molar-refractivity contribution in [1.82, 2.24) is 5.32 Å². The molecule has 0 radical (unpaired) electrons. The lowest BCUT2D eigenvalue weighted by molar-refractivity contribution is -0.106. The molecule has 0 spiro atoms. The van der Waals surface area contributed by atoms with Gasteiger partial charge in [-0.15, -0.1) is 0 Å². The highest BCUT2D eigenvalue weighted by Crippen LogP contribution is 1.14. The Balaban J connectivity index is -0.0000000483. The fourth-order valence-electron chi connectivity index (χ4n) is 0. The monoisotopic (exact) mass is 119 g/mol. The molecule has 0 amide bonds. The van der Waals surface area contributed by atoms with E-state index >= 15 is 0 Å². The van der Waals surface area contributed by atoms with Gasteiger partial charge >= 0.3 is 0 Å². The van der Waals surface area contributed by atoms with Gasteiger partial charge in [-0.05, 0) is 21.0 Å². The van der Waals surface area contributed by atoms with Gasteiger partial charge in [0, 0.05) is 0 Å². The quantitative estimate of drug-likeness (QED) is 0.483. The Hall–Kier alpha value is -0.370. The van der Waals surface area contributed by atoms with Crippen LogP contribution in [0.2, 0.25) is 0 Å². The van der Waals surface area contributed by atoms with Crippen molar-refractivity contribution in [2.24, 2.45) is 0 Å². The molecule has 0 aromatic carbocycles. The molecule has 0 aliphatic rings. The predicted molar refractivity (Wildman–Crippen MR) is 38.1 cm³/mol. The second kappa shape index (κ2) is 79.1. The second-order valence-corrected chi connectivity index (χ2v) is 0.736. The molecular formula is C6H17NO. The van der Waals surface area contributed by atoms with Gasteiger partial charge in [0.2, 0.25) is 0 Å². The van der Waals surface area contributed by atoms with Gasteiger partial charge in [-0.25, -0.2) is 0 Å². The minimum absolute atomic E-state index is 0.750. The summed E-state index contributed by atoms with van der Waals surface area (Å²) in [5.41, 5.74) is 0. The molecule has 8 heavy (non-hydrogen) atoms. The minimum atomic E-state index is 0.750. The summed E-state index contributed by atoms with van der Waals surface area (Å²) in [6.07, 6.45) is 0.750. The normalized spacial score (nSPS) is 4.62. The van der Waals surface area contributed by atoms with E-state index in [9.17, 15) is 0 Å². The van der Waals surface area contributed by atoms with E-state index in [2.05, 4.69) is 5.32 Å².